The Balaban J connectivity index is 2.27. The second-order valence-electron chi connectivity index (χ2n) is 3.44. The van der Waals surface area contributed by atoms with Crippen LogP contribution in [0.4, 0.5) is 5.69 Å². The highest BCUT2D eigenvalue weighted by molar-refractivity contribution is 9.10. The maximum absolute atomic E-state index is 5.75. The van der Waals surface area contributed by atoms with E-state index < -0.39 is 0 Å². The number of nitrogens with two attached hydrogens (primary N) is 1. The fourth-order valence-corrected chi connectivity index (χ4v) is 1.58. The van der Waals surface area contributed by atoms with Gasteiger partial charge in [0.1, 0.15) is 5.75 Å². The smallest absolute Gasteiger partial charge is 0.219 e. The van der Waals surface area contributed by atoms with Crippen molar-refractivity contribution in [2.75, 3.05) is 5.73 Å². The van der Waals surface area contributed by atoms with Crippen LogP contribution in [0.3, 0.4) is 0 Å². The van der Waals surface area contributed by atoms with E-state index in [4.69, 9.17) is 10.5 Å². The molecule has 0 fully saturated rings. The first-order valence-electron chi connectivity index (χ1n) is 4.81. The molecule has 1 aromatic heterocycles. The lowest BCUT2D eigenvalue weighted by Gasteiger charge is -2.08. The lowest BCUT2D eigenvalue weighted by atomic mass is 10.3. The highest BCUT2D eigenvalue weighted by Gasteiger charge is 2.05. The molecule has 2 aromatic rings. The van der Waals surface area contributed by atoms with E-state index in [1.165, 1.54) is 0 Å². The van der Waals surface area contributed by atoms with Crippen LogP contribution in [0.5, 0.6) is 11.6 Å². The van der Waals surface area contributed by atoms with Crippen molar-refractivity contribution in [3.05, 3.63) is 46.6 Å². The highest BCUT2D eigenvalue weighted by atomic mass is 79.9. The van der Waals surface area contributed by atoms with Gasteiger partial charge in [-0.15, -0.1) is 0 Å². The molecule has 82 valence electrons. The van der Waals surface area contributed by atoms with Crippen molar-refractivity contribution >= 4 is 21.6 Å². The Bertz CT molecular complexity index is 497. The first-order valence-corrected chi connectivity index (χ1v) is 5.60. The molecule has 0 radical (unpaired) electrons. The third-order valence-corrected chi connectivity index (χ3v) is 2.94. The molecule has 1 aromatic carbocycles. The molecule has 0 saturated carbocycles. The summed E-state index contributed by atoms with van der Waals surface area (Å²) in [6, 6.07) is 9.25. The first-order chi connectivity index (χ1) is 7.66. The van der Waals surface area contributed by atoms with E-state index in [9.17, 15) is 0 Å². The summed E-state index contributed by atoms with van der Waals surface area (Å²) >= 11 is 3.37. The second-order valence-corrected chi connectivity index (χ2v) is 4.23. The number of halogens is 1. The van der Waals surface area contributed by atoms with E-state index in [0.29, 0.717) is 17.3 Å². The topological polar surface area (TPSA) is 48.1 Å². The number of nitrogen functional groups attached to an aromatic ring is 1. The van der Waals surface area contributed by atoms with Crippen molar-refractivity contribution in [2.45, 2.75) is 6.92 Å². The van der Waals surface area contributed by atoms with Crippen molar-refractivity contribution < 1.29 is 4.74 Å². The van der Waals surface area contributed by atoms with Gasteiger partial charge in [-0.1, -0.05) is 12.1 Å². The van der Waals surface area contributed by atoms with Gasteiger partial charge < -0.3 is 10.5 Å². The van der Waals surface area contributed by atoms with E-state index in [2.05, 4.69) is 20.9 Å². The average Bonchev–Trinajstić information content (AvgIpc) is 2.28. The molecule has 0 aliphatic heterocycles. The third kappa shape index (κ3) is 2.33. The van der Waals surface area contributed by atoms with Crippen molar-refractivity contribution in [2.24, 2.45) is 0 Å². The molecule has 0 amide bonds. The number of hydrogen-bond acceptors (Lipinski definition) is 3. The number of aryl methyl sites for hydroxylation is 1. The lowest BCUT2D eigenvalue weighted by Crippen LogP contribution is -1.92. The highest BCUT2D eigenvalue weighted by Crippen LogP contribution is 2.32. The number of rotatable bonds is 2. The summed E-state index contributed by atoms with van der Waals surface area (Å²) in [6.07, 6.45) is 1.76. The number of aromatic nitrogens is 1. The van der Waals surface area contributed by atoms with Gasteiger partial charge in [0.05, 0.1) is 4.47 Å². The number of anilines is 1. The SMILES string of the molecule is Cc1ccc(Oc2cccc(N)c2Br)nc1. The van der Waals surface area contributed by atoms with Gasteiger partial charge in [0.2, 0.25) is 5.88 Å². The Hall–Kier alpha value is -1.55. The molecule has 0 spiro atoms. The van der Waals surface area contributed by atoms with Crippen LogP contribution < -0.4 is 10.5 Å². The minimum absolute atomic E-state index is 0.553. The fraction of sp³-hybridized carbons (Fsp3) is 0.0833. The number of benzene rings is 1. The monoisotopic (exact) mass is 278 g/mol. The third-order valence-electron chi connectivity index (χ3n) is 2.09. The molecular weight excluding hydrogens is 268 g/mol. The second kappa shape index (κ2) is 4.53. The Morgan fingerprint density at radius 1 is 1.25 bits per heavy atom. The Morgan fingerprint density at radius 2 is 2.06 bits per heavy atom. The summed E-state index contributed by atoms with van der Waals surface area (Å²) in [5.74, 6) is 1.22. The van der Waals surface area contributed by atoms with Crippen LogP contribution in [-0.4, -0.2) is 4.98 Å². The van der Waals surface area contributed by atoms with Gasteiger partial charge in [-0.3, -0.25) is 0 Å². The number of nitrogens with zero attached hydrogens (tertiary/aromatic N) is 1. The maximum atomic E-state index is 5.75. The van der Waals surface area contributed by atoms with Crippen LogP contribution in [0.25, 0.3) is 0 Å². The van der Waals surface area contributed by atoms with Gasteiger partial charge in [-0.25, -0.2) is 4.98 Å². The molecule has 1 heterocycles. The van der Waals surface area contributed by atoms with Gasteiger partial charge in [0, 0.05) is 18.0 Å². The first kappa shape index (κ1) is 11.0. The van der Waals surface area contributed by atoms with E-state index in [1.54, 1.807) is 12.3 Å². The van der Waals surface area contributed by atoms with Crippen LogP contribution in [-0.2, 0) is 0 Å². The number of ether oxygens (including phenoxy) is 1. The van der Waals surface area contributed by atoms with Crippen molar-refractivity contribution in [3.63, 3.8) is 0 Å². The van der Waals surface area contributed by atoms with Crippen LogP contribution in [0.15, 0.2) is 41.0 Å². The molecule has 0 bridgehead atoms. The molecule has 4 heteroatoms. The van der Waals surface area contributed by atoms with Crippen LogP contribution in [0, 0.1) is 6.92 Å². The van der Waals surface area contributed by atoms with E-state index in [-0.39, 0.29) is 0 Å². The summed E-state index contributed by atoms with van der Waals surface area (Å²) < 4.78 is 6.35. The molecule has 0 unspecified atom stereocenters. The summed E-state index contributed by atoms with van der Waals surface area (Å²) in [7, 11) is 0. The zero-order chi connectivity index (χ0) is 11.5. The Labute approximate surface area is 102 Å². The molecule has 0 atom stereocenters. The molecule has 16 heavy (non-hydrogen) atoms. The number of hydrogen-bond donors (Lipinski definition) is 1. The largest absolute Gasteiger partial charge is 0.438 e. The normalized spacial score (nSPS) is 10.1. The van der Waals surface area contributed by atoms with Crippen LogP contribution in [0.1, 0.15) is 5.56 Å². The van der Waals surface area contributed by atoms with Gasteiger partial charge >= 0.3 is 0 Å². The molecule has 0 saturated heterocycles. The molecular formula is C12H11BrN2O. The molecule has 2 rings (SSSR count). The van der Waals surface area contributed by atoms with Crippen molar-refractivity contribution in [1.29, 1.82) is 0 Å². The minimum atomic E-state index is 0.553. The van der Waals surface area contributed by atoms with Gasteiger partial charge in [-0.05, 0) is 40.5 Å². The zero-order valence-corrected chi connectivity index (χ0v) is 10.4. The number of pyridine rings is 1. The quantitative estimate of drug-likeness (QED) is 0.855. The summed E-state index contributed by atoms with van der Waals surface area (Å²) in [5.41, 5.74) is 7.49. The van der Waals surface area contributed by atoms with Crippen LogP contribution >= 0.6 is 15.9 Å². The van der Waals surface area contributed by atoms with Gasteiger partial charge in [-0.2, -0.15) is 0 Å². The molecule has 2 N–H and O–H groups in total. The zero-order valence-electron chi connectivity index (χ0n) is 8.77. The van der Waals surface area contributed by atoms with Crippen LogP contribution in [0.2, 0.25) is 0 Å². The standard InChI is InChI=1S/C12H11BrN2O/c1-8-5-6-11(15-7-8)16-10-4-2-3-9(14)12(10)13/h2-7H,14H2,1H3. The lowest BCUT2D eigenvalue weighted by molar-refractivity contribution is 0.460. The predicted molar refractivity (Wildman–Crippen MR) is 67.6 cm³/mol. The van der Waals surface area contributed by atoms with E-state index in [1.807, 2.05) is 31.2 Å². The summed E-state index contributed by atoms with van der Waals surface area (Å²) in [4.78, 5) is 4.16. The maximum Gasteiger partial charge on any atom is 0.219 e. The van der Waals surface area contributed by atoms with E-state index in [0.717, 1.165) is 10.0 Å². The van der Waals surface area contributed by atoms with Gasteiger partial charge in [0.25, 0.3) is 0 Å². The molecule has 3 nitrogen and oxygen atoms in total. The summed E-state index contributed by atoms with van der Waals surface area (Å²) in [5, 5.41) is 0. The molecule has 0 aliphatic rings. The minimum Gasteiger partial charge on any atom is -0.438 e. The van der Waals surface area contributed by atoms with Crippen molar-refractivity contribution in [3.8, 4) is 11.6 Å². The van der Waals surface area contributed by atoms with E-state index >= 15 is 0 Å². The van der Waals surface area contributed by atoms with Gasteiger partial charge in [0.15, 0.2) is 0 Å². The Kier molecular flexibility index (Phi) is 3.10. The average molecular weight is 279 g/mol. The summed E-state index contributed by atoms with van der Waals surface area (Å²) in [6.45, 7) is 1.98. The van der Waals surface area contributed by atoms with Crippen molar-refractivity contribution in [1.82, 2.24) is 4.98 Å². The fourth-order valence-electron chi connectivity index (χ4n) is 1.23. The molecule has 0 aliphatic carbocycles. The Morgan fingerprint density at radius 3 is 2.75 bits per heavy atom. The predicted octanol–water partition coefficient (Wildman–Crippen LogP) is 3.53.